The third-order valence-electron chi connectivity index (χ3n) is 3.39. The van der Waals surface area contributed by atoms with E-state index in [1.165, 1.54) is 11.3 Å². The van der Waals surface area contributed by atoms with Crippen molar-refractivity contribution in [2.45, 2.75) is 12.8 Å². The van der Waals surface area contributed by atoms with Crippen LogP contribution < -0.4 is 15.4 Å². The van der Waals surface area contributed by atoms with Crippen LogP contribution in [0.1, 0.15) is 22.5 Å². The van der Waals surface area contributed by atoms with E-state index in [1.807, 2.05) is 18.2 Å². The number of thiazole rings is 1. The van der Waals surface area contributed by atoms with Gasteiger partial charge < -0.3 is 15.4 Å². The lowest BCUT2D eigenvalue weighted by Gasteiger charge is -2.30. The van der Waals surface area contributed by atoms with Crippen LogP contribution in [0.2, 0.25) is 0 Å². The van der Waals surface area contributed by atoms with Gasteiger partial charge in [0.2, 0.25) is 0 Å². The zero-order valence-electron chi connectivity index (χ0n) is 11.1. The number of amides is 1. The number of hydrogen-bond donors (Lipinski definition) is 1. The Bertz CT molecular complexity index is 639. The zero-order valence-corrected chi connectivity index (χ0v) is 11.9. The Labute approximate surface area is 121 Å². The maximum absolute atomic E-state index is 12.6. The number of fused-ring (bicyclic) bond motifs is 1. The summed E-state index contributed by atoms with van der Waals surface area (Å²) in [6.07, 6.45) is 1.89. The molecule has 2 heterocycles. The molecule has 104 valence electrons. The molecule has 0 aliphatic carbocycles. The van der Waals surface area contributed by atoms with Gasteiger partial charge in [0.15, 0.2) is 5.13 Å². The number of rotatable bonds is 2. The molecule has 0 bridgehead atoms. The van der Waals surface area contributed by atoms with Gasteiger partial charge in [0.05, 0.1) is 12.8 Å². The number of carbonyl (C=O) groups excluding carboxylic acids is 1. The number of nitrogens with two attached hydrogens (primary N) is 1. The van der Waals surface area contributed by atoms with Crippen molar-refractivity contribution in [2.24, 2.45) is 0 Å². The lowest BCUT2D eigenvalue weighted by Crippen LogP contribution is -2.36. The van der Waals surface area contributed by atoms with Crippen LogP contribution in [0.5, 0.6) is 5.75 Å². The van der Waals surface area contributed by atoms with Gasteiger partial charge in [-0.05, 0) is 24.5 Å². The Kier molecular flexibility index (Phi) is 3.31. The molecule has 0 fully saturated rings. The molecular weight excluding hydrogens is 274 g/mol. The van der Waals surface area contributed by atoms with Crippen molar-refractivity contribution >= 4 is 28.1 Å². The summed E-state index contributed by atoms with van der Waals surface area (Å²) < 4.78 is 5.40. The van der Waals surface area contributed by atoms with E-state index in [0.29, 0.717) is 17.4 Å². The third-order valence-corrected chi connectivity index (χ3v) is 4.06. The van der Waals surface area contributed by atoms with E-state index < -0.39 is 0 Å². The van der Waals surface area contributed by atoms with Gasteiger partial charge >= 0.3 is 0 Å². The van der Waals surface area contributed by atoms with Crippen molar-refractivity contribution < 1.29 is 9.53 Å². The van der Waals surface area contributed by atoms with E-state index in [1.54, 1.807) is 17.4 Å². The van der Waals surface area contributed by atoms with Crippen LogP contribution >= 0.6 is 11.3 Å². The summed E-state index contributed by atoms with van der Waals surface area (Å²) >= 11 is 1.28. The van der Waals surface area contributed by atoms with Crippen LogP contribution in [-0.2, 0) is 6.42 Å². The number of aromatic nitrogens is 1. The number of para-hydroxylation sites is 1. The fraction of sp³-hybridized carbons (Fsp3) is 0.286. The minimum Gasteiger partial charge on any atom is -0.495 e. The molecule has 1 aromatic heterocycles. The summed E-state index contributed by atoms with van der Waals surface area (Å²) in [4.78, 5) is 18.4. The topological polar surface area (TPSA) is 68.5 Å². The van der Waals surface area contributed by atoms with Crippen LogP contribution in [0.3, 0.4) is 0 Å². The average molecular weight is 289 g/mol. The molecule has 2 aromatic rings. The molecule has 3 rings (SSSR count). The van der Waals surface area contributed by atoms with Gasteiger partial charge in [0, 0.05) is 11.9 Å². The fourth-order valence-corrected chi connectivity index (χ4v) is 3.04. The Balaban J connectivity index is 2.03. The largest absolute Gasteiger partial charge is 0.495 e. The lowest BCUT2D eigenvalue weighted by molar-refractivity contribution is 0.0980. The van der Waals surface area contributed by atoms with E-state index in [9.17, 15) is 4.79 Å². The molecule has 0 unspecified atom stereocenters. The second kappa shape index (κ2) is 5.13. The Morgan fingerprint density at radius 1 is 1.50 bits per heavy atom. The molecule has 0 saturated carbocycles. The van der Waals surface area contributed by atoms with Crippen molar-refractivity contribution in [3.63, 3.8) is 0 Å². The summed E-state index contributed by atoms with van der Waals surface area (Å²) in [5.41, 5.74) is 7.99. The standard InChI is InChI=1S/C14H15N3O2S/c1-19-11-6-2-4-9-5-3-7-17(12(9)11)13(18)10-8-20-14(15)16-10/h2,4,6,8H,3,5,7H2,1H3,(H2,15,16). The first-order chi connectivity index (χ1) is 9.70. The summed E-state index contributed by atoms with van der Waals surface area (Å²) in [6.45, 7) is 0.670. The lowest BCUT2D eigenvalue weighted by atomic mass is 10.0. The first-order valence-electron chi connectivity index (χ1n) is 6.39. The van der Waals surface area contributed by atoms with Crippen molar-refractivity contribution in [2.75, 3.05) is 24.3 Å². The second-order valence-electron chi connectivity index (χ2n) is 4.60. The van der Waals surface area contributed by atoms with Crippen LogP contribution in [0, 0.1) is 0 Å². The maximum Gasteiger partial charge on any atom is 0.277 e. The van der Waals surface area contributed by atoms with Gasteiger partial charge in [-0.1, -0.05) is 12.1 Å². The SMILES string of the molecule is COc1cccc2c1N(C(=O)c1csc(N)n1)CCC2. The third kappa shape index (κ3) is 2.12. The van der Waals surface area contributed by atoms with Crippen molar-refractivity contribution in [1.29, 1.82) is 0 Å². The molecule has 0 spiro atoms. The quantitative estimate of drug-likeness (QED) is 0.921. The predicted octanol–water partition coefficient (Wildman–Crippen LogP) is 2.33. The molecular formula is C14H15N3O2S. The second-order valence-corrected chi connectivity index (χ2v) is 5.49. The molecule has 0 saturated heterocycles. The van der Waals surface area contributed by atoms with Gasteiger partial charge in [0.1, 0.15) is 11.4 Å². The Morgan fingerprint density at radius 2 is 2.35 bits per heavy atom. The van der Waals surface area contributed by atoms with E-state index in [4.69, 9.17) is 10.5 Å². The predicted molar refractivity (Wildman–Crippen MR) is 79.5 cm³/mol. The number of ether oxygens (including phenoxy) is 1. The molecule has 5 nitrogen and oxygen atoms in total. The summed E-state index contributed by atoms with van der Waals surface area (Å²) in [5, 5.41) is 2.10. The van der Waals surface area contributed by atoms with E-state index in [2.05, 4.69) is 4.98 Å². The average Bonchev–Trinajstić information content (AvgIpc) is 2.91. The number of nitrogens with zero attached hydrogens (tertiary/aromatic N) is 2. The molecule has 1 aromatic carbocycles. The van der Waals surface area contributed by atoms with Gasteiger partial charge in [-0.25, -0.2) is 4.98 Å². The number of nitrogen functional groups attached to an aromatic ring is 1. The zero-order chi connectivity index (χ0) is 14.1. The number of hydrogen-bond acceptors (Lipinski definition) is 5. The van der Waals surface area contributed by atoms with Crippen LogP contribution in [-0.4, -0.2) is 24.5 Å². The van der Waals surface area contributed by atoms with E-state index >= 15 is 0 Å². The molecule has 0 atom stereocenters. The van der Waals surface area contributed by atoms with Crippen molar-refractivity contribution in [1.82, 2.24) is 4.98 Å². The molecule has 2 N–H and O–H groups in total. The normalized spacial score (nSPS) is 13.9. The number of benzene rings is 1. The highest BCUT2D eigenvalue weighted by Gasteiger charge is 2.27. The first-order valence-corrected chi connectivity index (χ1v) is 7.27. The Morgan fingerprint density at radius 3 is 3.05 bits per heavy atom. The van der Waals surface area contributed by atoms with Crippen LogP contribution in [0.25, 0.3) is 0 Å². The molecule has 1 aliphatic rings. The summed E-state index contributed by atoms with van der Waals surface area (Å²) in [5.74, 6) is 0.599. The summed E-state index contributed by atoms with van der Waals surface area (Å²) in [7, 11) is 1.62. The molecule has 20 heavy (non-hydrogen) atoms. The van der Waals surface area contributed by atoms with E-state index in [-0.39, 0.29) is 5.91 Å². The van der Waals surface area contributed by atoms with Gasteiger partial charge in [0.25, 0.3) is 5.91 Å². The van der Waals surface area contributed by atoms with Crippen LogP contribution in [0.15, 0.2) is 23.6 Å². The highest BCUT2D eigenvalue weighted by molar-refractivity contribution is 7.13. The fourth-order valence-electron chi connectivity index (χ4n) is 2.51. The maximum atomic E-state index is 12.6. The minimum atomic E-state index is -0.122. The van der Waals surface area contributed by atoms with Gasteiger partial charge in [-0.15, -0.1) is 11.3 Å². The minimum absolute atomic E-state index is 0.122. The molecule has 1 aliphatic heterocycles. The van der Waals surface area contributed by atoms with Gasteiger partial charge in [-0.2, -0.15) is 0 Å². The van der Waals surface area contributed by atoms with Crippen molar-refractivity contribution in [3.05, 3.63) is 34.8 Å². The smallest absolute Gasteiger partial charge is 0.277 e. The molecule has 6 heteroatoms. The number of carbonyl (C=O) groups is 1. The molecule has 0 radical (unpaired) electrons. The van der Waals surface area contributed by atoms with Gasteiger partial charge in [-0.3, -0.25) is 4.79 Å². The first kappa shape index (κ1) is 12.9. The van der Waals surface area contributed by atoms with Crippen molar-refractivity contribution in [3.8, 4) is 5.75 Å². The Hall–Kier alpha value is -2.08. The number of anilines is 2. The molecule has 1 amide bonds. The number of methoxy groups -OCH3 is 1. The highest BCUT2D eigenvalue weighted by atomic mass is 32.1. The highest BCUT2D eigenvalue weighted by Crippen LogP contribution is 2.37. The monoisotopic (exact) mass is 289 g/mol. The van der Waals surface area contributed by atoms with E-state index in [0.717, 1.165) is 29.8 Å². The summed E-state index contributed by atoms with van der Waals surface area (Å²) in [6, 6.07) is 5.86. The number of aryl methyl sites for hydroxylation is 1. The van der Waals surface area contributed by atoms with Crippen LogP contribution in [0.4, 0.5) is 10.8 Å².